The van der Waals surface area contributed by atoms with Gasteiger partial charge in [-0.05, 0) is 42.2 Å². The number of ether oxygens (including phenoxy) is 1. The fourth-order valence-corrected chi connectivity index (χ4v) is 5.19. The Hall–Kier alpha value is -3.54. The molecule has 1 amide bonds. The molecule has 6 heteroatoms. The smallest absolute Gasteiger partial charge is 0.339 e. The van der Waals surface area contributed by atoms with Gasteiger partial charge in [-0.25, -0.2) is 9.78 Å². The summed E-state index contributed by atoms with van der Waals surface area (Å²) in [6.45, 7) is 0.969. The first-order valence-electron chi connectivity index (χ1n) is 10.9. The molecular weight excluding hydrogens is 407 g/mol. The van der Waals surface area contributed by atoms with E-state index in [1.165, 1.54) is 12.3 Å². The summed E-state index contributed by atoms with van der Waals surface area (Å²) in [6.07, 6.45) is 3.74. The summed E-state index contributed by atoms with van der Waals surface area (Å²) in [5.74, 6) is -0.709. The Balaban J connectivity index is 1.24. The van der Waals surface area contributed by atoms with E-state index in [4.69, 9.17) is 4.74 Å². The molecule has 3 aromatic rings. The van der Waals surface area contributed by atoms with Crippen molar-refractivity contribution >= 4 is 11.9 Å². The minimum atomic E-state index is -0.723. The molecule has 32 heavy (non-hydrogen) atoms. The molecule has 0 radical (unpaired) electrons. The molecule has 1 aromatic heterocycles. The van der Waals surface area contributed by atoms with Gasteiger partial charge in [0.2, 0.25) is 11.9 Å². The van der Waals surface area contributed by atoms with Crippen molar-refractivity contribution in [3.8, 4) is 11.1 Å². The van der Waals surface area contributed by atoms with Gasteiger partial charge in [0, 0.05) is 30.3 Å². The molecule has 1 aliphatic carbocycles. The third-order valence-electron chi connectivity index (χ3n) is 7.10. The number of hydrogen-bond acceptors (Lipinski definition) is 4. The monoisotopic (exact) mass is 428 g/mol. The molecule has 0 N–H and O–H groups in total. The zero-order chi connectivity index (χ0) is 21.9. The topological polar surface area (TPSA) is 59.5 Å². The van der Waals surface area contributed by atoms with E-state index in [2.05, 4.69) is 4.98 Å². The van der Waals surface area contributed by atoms with Crippen molar-refractivity contribution in [3.05, 3.63) is 89.5 Å². The lowest BCUT2D eigenvalue weighted by Crippen LogP contribution is -2.40. The lowest BCUT2D eigenvalue weighted by molar-refractivity contribution is -0.134. The van der Waals surface area contributed by atoms with Crippen LogP contribution in [0.3, 0.4) is 0 Å². The van der Waals surface area contributed by atoms with Crippen molar-refractivity contribution in [3.63, 3.8) is 0 Å². The maximum Gasteiger partial charge on any atom is 0.339 e. The van der Waals surface area contributed by atoms with Crippen LogP contribution in [0, 0.1) is 5.95 Å². The van der Waals surface area contributed by atoms with Crippen LogP contribution in [0.25, 0.3) is 11.1 Å². The van der Waals surface area contributed by atoms with E-state index in [1.807, 2.05) is 47.4 Å². The summed E-state index contributed by atoms with van der Waals surface area (Å²) in [6, 6.07) is 18.4. The maximum atomic E-state index is 13.6. The number of pyridine rings is 1. The van der Waals surface area contributed by atoms with E-state index < -0.39 is 17.0 Å². The molecule has 2 fully saturated rings. The molecule has 1 saturated heterocycles. The van der Waals surface area contributed by atoms with Crippen LogP contribution in [0.15, 0.2) is 66.9 Å². The van der Waals surface area contributed by atoms with Crippen molar-refractivity contribution in [2.45, 2.75) is 30.3 Å². The van der Waals surface area contributed by atoms with E-state index in [0.29, 0.717) is 25.1 Å². The number of benzene rings is 2. The van der Waals surface area contributed by atoms with Crippen molar-refractivity contribution in [2.75, 3.05) is 13.1 Å². The molecule has 2 aliphatic heterocycles. The summed E-state index contributed by atoms with van der Waals surface area (Å²) in [7, 11) is 0. The van der Waals surface area contributed by atoms with Crippen molar-refractivity contribution in [1.82, 2.24) is 9.88 Å². The third-order valence-corrected chi connectivity index (χ3v) is 7.10. The van der Waals surface area contributed by atoms with E-state index in [1.54, 1.807) is 12.1 Å². The predicted octanol–water partition coefficient (Wildman–Crippen LogP) is 4.22. The van der Waals surface area contributed by atoms with E-state index >= 15 is 0 Å². The van der Waals surface area contributed by atoms with Crippen LogP contribution in [-0.4, -0.2) is 34.8 Å². The zero-order valence-corrected chi connectivity index (χ0v) is 17.4. The molecule has 6 rings (SSSR count). The Labute approximate surface area is 184 Å². The third kappa shape index (κ3) is 2.79. The van der Waals surface area contributed by atoms with Crippen LogP contribution in [-0.2, 0) is 20.5 Å². The molecule has 160 valence electrons. The molecule has 0 bridgehead atoms. The SMILES string of the molecule is O=C1OC2(CCN(C(=O)C3(c4ccc(-c5ccc(F)nc5)cc4)CC3)C2)c2ccccc21. The van der Waals surface area contributed by atoms with Crippen LogP contribution < -0.4 is 0 Å². The standard InChI is InChI=1S/C26H21FN2O3/c27-22-10-7-18(15-28-22)17-5-8-19(9-6-17)25(11-12-25)24(31)29-14-13-26(16-29)21-4-2-1-3-20(21)23(30)32-26/h1-10,15H,11-14,16H2. The molecule has 1 spiro atoms. The van der Waals surface area contributed by atoms with Crippen molar-refractivity contribution < 1.29 is 18.7 Å². The number of amides is 1. The Morgan fingerprint density at radius 1 is 0.969 bits per heavy atom. The van der Waals surface area contributed by atoms with E-state index in [9.17, 15) is 14.0 Å². The number of carbonyl (C=O) groups excluding carboxylic acids is 2. The molecule has 5 nitrogen and oxygen atoms in total. The summed E-state index contributed by atoms with van der Waals surface area (Å²) in [5.41, 5.74) is 3.02. The first-order valence-corrected chi connectivity index (χ1v) is 10.9. The van der Waals surface area contributed by atoms with Crippen LogP contribution in [0.4, 0.5) is 4.39 Å². The van der Waals surface area contributed by atoms with Gasteiger partial charge in [0.15, 0.2) is 5.60 Å². The van der Waals surface area contributed by atoms with Crippen molar-refractivity contribution in [2.24, 2.45) is 0 Å². The van der Waals surface area contributed by atoms with Crippen LogP contribution in [0.5, 0.6) is 0 Å². The van der Waals surface area contributed by atoms with Gasteiger partial charge in [0.25, 0.3) is 0 Å². The minimum Gasteiger partial charge on any atom is -0.449 e. The van der Waals surface area contributed by atoms with Crippen LogP contribution >= 0.6 is 0 Å². The lowest BCUT2D eigenvalue weighted by Gasteiger charge is -2.27. The molecule has 1 saturated carbocycles. The second-order valence-electron chi connectivity index (χ2n) is 8.94. The first kappa shape index (κ1) is 19.2. The highest BCUT2D eigenvalue weighted by Crippen LogP contribution is 2.52. The highest BCUT2D eigenvalue weighted by Gasteiger charge is 2.57. The summed E-state index contributed by atoms with van der Waals surface area (Å²) in [4.78, 5) is 31.5. The fourth-order valence-electron chi connectivity index (χ4n) is 5.19. The Kier molecular flexibility index (Phi) is 4.03. The molecule has 3 heterocycles. The van der Waals surface area contributed by atoms with Gasteiger partial charge < -0.3 is 9.64 Å². The molecule has 1 atom stereocenters. The molecule has 3 aliphatic rings. The van der Waals surface area contributed by atoms with Gasteiger partial charge in [0.1, 0.15) is 0 Å². The van der Waals surface area contributed by atoms with E-state index in [-0.39, 0.29) is 11.9 Å². The normalized spacial score (nSPS) is 22.7. The van der Waals surface area contributed by atoms with Gasteiger partial charge in [-0.1, -0.05) is 42.5 Å². The van der Waals surface area contributed by atoms with Gasteiger partial charge in [-0.2, -0.15) is 4.39 Å². The number of nitrogens with zero attached hydrogens (tertiary/aromatic N) is 2. The first-order chi connectivity index (χ1) is 15.5. The second-order valence-corrected chi connectivity index (χ2v) is 8.94. The summed E-state index contributed by atoms with van der Waals surface area (Å²) in [5, 5.41) is 0. The number of fused-ring (bicyclic) bond motifs is 2. The average molecular weight is 428 g/mol. The number of esters is 1. The summed E-state index contributed by atoms with van der Waals surface area (Å²) >= 11 is 0. The van der Waals surface area contributed by atoms with Gasteiger partial charge in [-0.15, -0.1) is 0 Å². The van der Waals surface area contributed by atoms with Crippen LogP contribution in [0.2, 0.25) is 0 Å². The highest BCUT2D eigenvalue weighted by molar-refractivity contribution is 5.96. The van der Waals surface area contributed by atoms with Gasteiger partial charge in [-0.3, -0.25) is 4.79 Å². The molecular formula is C26H21FN2O3. The van der Waals surface area contributed by atoms with Gasteiger partial charge in [0.05, 0.1) is 17.5 Å². The summed E-state index contributed by atoms with van der Waals surface area (Å²) < 4.78 is 18.9. The Morgan fingerprint density at radius 3 is 2.44 bits per heavy atom. The number of hydrogen-bond donors (Lipinski definition) is 0. The van der Waals surface area contributed by atoms with Crippen molar-refractivity contribution in [1.29, 1.82) is 0 Å². The maximum absolute atomic E-state index is 13.6. The quantitative estimate of drug-likeness (QED) is 0.463. The lowest BCUT2D eigenvalue weighted by atomic mass is 9.91. The number of halogens is 1. The molecule has 2 aromatic carbocycles. The number of carbonyl (C=O) groups is 2. The largest absolute Gasteiger partial charge is 0.449 e. The highest BCUT2D eigenvalue weighted by atomic mass is 19.1. The predicted molar refractivity (Wildman–Crippen MR) is 115 cm³/mol. The zero-order valence-electron chi connectivity index (χ0n) is 17.4. The Morgan fingerprint density at radius 2 is 1.72 bits per heavy atom. The second kappa shape index (κ2) is 6.73. The van der Waals surface area contributed by atoms with Gasteiger partial charge >= 0.3 is 5.97 Å². The molecule has 1 unspecified atom stereocenters. The number of aromatic nitrogens is 1. The average Bonchev–Trinajstić information content (AvgIpc) is 3.46. The fraction of sp³-hybridized carbons (Fsp3) is 0.269. The van der Waals surface area contributed by atoms with E-state index in [0.717, 1.165) is 35.1 Å². The number of likely N-dealkylation sites (tertiary alicyclic amines) is 1. The minimum absolute atomic E-state index is 0.103. The van der Waals surface area contributed by atoms with Crippen LogP contribution in [0.1, 0.15) is 40.7 Å². The number of rotatable bonds is 3. The Bertz CT molecular complexity index is 1230.